The Hall–Kier alpha value is -1.36. The Balaban J connectivity index is 1.92. The summed E-state index contributed by atoms with van der Waals surface area (Å²) in [6.45, 7) is 4.31. The van der Waals surface area contributed by atoms with Gasteiger partial charge in [0.2, 0.25) is 0 Å². The second kappa shape index (κ2) is 5.31. The van der Waals surface area contributed by atoms with Gasteiger partial charge in [0.25, 0.3) is 0 Å². The predicted molar refractivity (Wildman–Crippen MR) is 63.7 cm³/mol. The maximum atomic E-state index is 10.6. The van der Waals surface area contributed by atoms with E-state index in [-0.39, 0.29) is 6.42 Å². The molecule has 0 radical (unpaired) electrons. The van der Waals surface area contributed by atoms with Crippen molar-refractivity contribution in [1.29, 1.82) is 0 Å². The number of aromatic nitrogens is 2. The van der Waals surface area contributed by atoms with Gasteiger partial charge < -0.3 is 9.67 Å². The van der Waals surface area contributed by atoms with Crippen molar-refractivity contribution in [1.82, 2.24) is 14.5 Å². The van der Waals surface area contributed by atoms with E-state index in [0.717, 1.165) is 13.1 Å². The highest BCUT2D eigenvalue weighted by molar-refractivity contribution is 5.66. The Kier molecular flexibility index (Phi) is 3.78. The van der Waals surface area contributed by atoms with Gasteiger partial charge in [-0.05, 0) is 19.4 Å². The topological polar surface area (TPSA) is 58.4 Å². The number of carboxylic acid groups (broad SMARTS) is 1. The molecule has 1 aliphatic rings. The molecule has 0 aliphatic heterocycles. The molecule has 1 aliphatic carbocycles. The average molecular weight is 237 g/mol. The summed E-state index contributed by atoms with van der Waals surface area (Å²) >= 11 is 0. The minimum Gasteiger partial charge on any atom is -0.481 e. The molecular weight excluding hydrogens is 218 g/mol. The third-order valence-electron chi connectivity index (χ3n) is 3.16. The van der Waals surface area contributed by atoms with Gasteiger partial charge in [-0.15, -0.1) is 0 Å². The molecule has 5 heteroatoms. The lowest BCUT2D eigenvalue weighted by molar-refractivity contribution is -0.137. The minimum absolute atomic E-state index is 0.200. The molecule has 0 aromatic carbocycles. The third-order valence-corrected chi connectivity index (χ3v) is 3.16. The van der Waals surface area contributed by atoms with E-state index in [1.54, 1.807) is 0 Å². The van der Waals surface area contributed by atoms with Crippen LogP contribution in [0.25, 0.3) is 0 Å². The van der Waals surface area contributed by atoms with Gasteiger partial charge in [-0.1, -0.05) is 6.92 Å². The molecule has 1 aromatic heterocycles. The summed E-state index contributed by atoms with van der Waals surface area (Å²) in [6.07, 6.45) is 6.46. The van der Waals surface area contributed by atoms with Crippen molar-refractivity contribution >= 4 is 5.97 Å². The van der Waals surface area contributed by atoms with E-state index in [1.807, 2.05) is 12.5 Å². The zero-order valence-corrected chi connectivity index (χ0v) is 10.2. The number of hydrogen-bond donors (Lipinski definition) is 1. The molecule has 1 fully saturated rings. The van der Waals surface area contributed by atoms with Gasteiger partial charge >= 0.3 is 5.97 Å². The van der Waals surface area contributed by atoms with Gasteiger partial charge in [0.1, 0.15) is 0 Å². The van der Waals surface area contributed by atoms with Crippen molar-refractivity contribution in [2.75, 3.05) is 13.1 Å². The lowest BCUT2D eigenvalue weighted by Gasteiger charge is -2.20. The first-order chi connectivity index (χ1) is 8.20. The van der Waals surface area contributed by atoms with Crippen LogP contribution in [0.5, 0.6) is 0 Å². The second-order valence-electron chi connectivity index (χ2n) is 4.54. The highest BCUT2D eigenvalue weighted by Crippen LogP contribution is 2.35. The smallest absolute Gasteiger partial charge is 0.304 e. The fraction of sp³-hybridized carbons (Fsp3) is 0.667. The van der Waals surface area contributed by atoms with Gasteiger partial charge in [0, 0.05) is 25.3 Å². The summed E-state index contributed by atoms with van der Waals surface area (Å²) in [5.74, 6) is -0.737. The zero-order valence-electron chi connectivity index (χ0n) is 10.2. The van der Waals surface area contributed by atoms with Crippen molar-refractivity contribution in [2.24, 2.45) is 0 Å². The van der Waals surface area contributed by atoms with Crippen LogP contribution in [-0.2, 0) is 11.3 Å². The standard InChI is InChI=1S/C12H19N3O2/c1-2-14(6-5-12(16)17)8-11-7-13-9-15(11)10-3-4-10/h7,9-10H,2-6,8H2,1H3,(H,16,17). The summed E-state index contributed by atoms with van der Waals surface area (Å²) in [5, 5.41) is 8.69. The van der Waals surface area contributed by atoms with Gasteiger partial charge in [0.05, 0.1) is 18.4 Å². The van der Waals surface area contributed by atoms with Crippen LogP contribution in [0.2, 0.25) is 0 Å². The van der Waals surface area contributed by atoms with E-state index < -0.39 is 5.97 Å². The molecule has 94 valence electrons. The summed E-state index contributed by atoms with van der Waals surface area (Å²) in [7, 11) is 0. The van der Waals surface area contributed by atoms with Gasteiger partial charge in [0.15, 0.2) is 0 Å². The van der Waals surface area contributed by atoms with Crippen LogP contribution in [0.1, 0.15) is 37.9 Å². The van der Waals surface area contributed by atoms with Crippen LogP contribution in [-0.4, -0.2) is 38.6 Å². The van der Waals surface area contributed by atoms with Crippen LogP contribution in [0.3, 0.4) is 0 Å². The second-order valence-corrected chi connectivity index (χ2v) is 4.54. The summed E-state index contributed by atoms with van der Waals surface area (Å²) in [5.41, 5.74) is 1.19. The lowest BCUT2D eigenvalue weighted by Crippen LogP contribution is -2.26. The Labute approximate surface area is 101 Å². The number of rotatable bonds is 7. The average Bonchev–Trinajstić information content (AvgIpc) is 3.05. The molecule has 0 atom stereocenters. The highest BCUT2D eigenvalue weighted by Gasteiger charge is 2.25. The van der Waals surface area contributed by atoms with Crippen molar-refractivity contribution in [3.05, 3.63) is 18.2 Å². The minimum atomic E-state index is -0.737. The van der Waals surface area contributed by atoms with E-state index in [1.165, 1.54) is 18.5 Å². The number of imidazole rings is 1. The number of carboxylic acids is 1. The van der Waals surface area contributed by atoms with E-state index in [9.17, 15) is 4.79 Å². The summed E-state index contributed by atoms with van der Waals surface area (Å²) in [6, 6.07) is 0.630. The highest BCUT2D eigenvalue weighted by atomic mass is 16.4. The largest absolute Gasteiger partial charge is 0.481 e. The Morgan fingerprint density at radius 3 is 3.00 bits per heavy atom. The van der Waals surface area contributed by atoms with Gasteiger partial charge in [-0.25, -0.2) is 4.98 Å². The quantitative estimate of drug-likeness (QED) is 0.781. The molecule has 0 bridgehead atoms. The maximum Gasteiger partial charge on any atom is 0.304 e. The SMILES string of the molecule is CCN(CCC(=O)O)Cc1cncn1C1CC1. The molecule has 0 spiro atoms. The van der Waals surface area contributed by atoms with Crippen molar-refractivity contribution in [2.45, 2.75) is 38.8 Å². The first-order valence-electron chi connectivity index (χ1n) is 6.15. The number of hydrogen-bond acceptors (Lipinski definition) is 3. The first-order valence-corrected chi connectivity index (χ1v) is 6.15. The van der Waals surface area contributed by atoms with Crippen LogP contribution >= 0.6 is 0 Å². The van der Waals surface area contributed by atoms with Crippen LogP contribution in [0.4, 0.5) is 0 Å². The normalized spacial score (nSPS) is 15.4. The van der Waals surface area contributed by atoms with Gasteiger partial charge in [-0.3, -0.25) is 9.69 Å². The maximum absolute atomic E-state index is 10.6. The van der Waals surface area contributed by atoms with Crippen molar-refractivity contribution in [3.8, 4) is 0 Å². The van der Waals surface area contributed by atoms with Crippen LogP contribution < -0.4 is 0 Å². The van der Waals surface area contributed by atoms with E-state index in [4.69, 9.17) is 5.11 Å². The molecule has 1 saturated carbocycles. The molecule has 0 amide bonds. The van der Waals surface area contributed by atoms with Crippen LogP contribution in [0, 0.1) is 0 Å². The molecule has 5 nitrogen and oxygen atoms in total. The van der Waals surface area contributed by atoms with E-state index in [0.29, 0.717) is 12.6 Å². The monoisotopic (exact) mass is 237 g/mol. The number of nitrogens with zero attached hydrogens (tertiary/aromatic N) is 3. The van der Waals surface area contributed by atoms with Crippen molar-refractivity contribution in [3.63, 3.8) is 0 Å². The summed E-state index contributed by atoms with van der Waals surface area (Å²) in [4.78, 5) is 16.9. The molecule has 17 heavy (non-hydrogen) atoms. The van der Waals surface area contributed by atoms with Crippen molar-refractivity contribution < 1.29 is 9.90 Å². The molecule has 1 heterocycles. The molecule has 0 saturated heterocycles. The fourth-order valence-electron chi connectivity index (χ4n) is 1.97. The number of carbonyl (C=O) groups is 1. The first kappa shape index (κ1) is 12.1. The predicted octanol–water partition coefficient (Wildman–Crippen LogP) is 1.51. The summed E-state index contributed by atoms with van der Waals surface area (Å²) < 4.78 is 2.23. The molecule has 1 N–H and O–H groups in total. The number of aliphatic carboxylic acids is 1. The lowest BCUT2D eigenvalue weighted by atomic mass is 10.3. The Bertz CT molecular complexity index is 385. The molecule has 1 aromatic rings. The zero-order chi connectivity index (χ0) is 12.3. The van der Waals surface area contributed by atoms with E-state index in [2.05, 4.69) is 21.4 Å². The molecule has 2 rings (SSSR count). The Morgan fingerprint density at radius 2 is 2.41 bits per heavy atom. The van der Waals surface area contributed by atoms with E-state index >= 15 is 0 Å². The Morgan fingerprint density at radius 1 is 1.65 bits per heavy atom. The molecule has 0 unspecified atom stereocenters. The molecular formula is C12H19N3O2. The van der Waals surface area contributed by atoms with Crippen LogP contribution in [0.15, 0.2) is 12.5 Å². The fourth-order valence-corrected chi connectivity index (χ4v) is 1.97. The third kappa shape index (κ3) is 3.30. The van der Waals surface area contributed by atoms with Gasteiger partial charge in [-0.2, -0.15) is 0 Å².